The van der Waals surface area contributed by atoms with Gasteiger partial charge in [-0.2, -0.15) is 0 Å². The molecular weight excluding hydrogens is 753 g/mol. The van der Waals surface area contributed by atoms with E-state index in [4.69, 9.17) is 13.6 Å². The first-order valence-corrected chi connectivity index (χ1v) is 19.3. The van der Waals surface area contributed by atoms with Gasteiger partial charge in [-0.05, 0) is 90.0 Å². The molecule has 2 atom stereocenters. The molecule has 0 bridgehead atoms. The molecule has 2 saturated heterocycles. The van der Waals surface area contributed by atoms with Crippen molar-refractivity contribution in [2.75, 3.05) is 56.0 Å². The predicted octanol–water partition coefficient (Wildman–Crippen LogP) is 2.44. The summed E-state index contributed by atoms with van der Waals surface area (Å²) in [5, 5.41) is 19.1. The first-order valence-electron chi connectivity index (χ1n) is 18.5. The number of benzene rings is 2. The number of aromatic nitrogens is 1. The van der Waals surface area contributed by atoms with Crippen molar-refractivity contribution in [3.8, 4) is 5.75 Å². The second-order valence-electron chi connectivity index (χ2n) is 14.0. The van der Waals surface area contributed by atoms with Crippen molar-refractivity contribution >= 4 is 64.5 Å². The van der Waals surface area contributed by atoms with Crippen molar-refractivity contribution in [1.29, 1.82) is 0 Å². The van der Waals surface area contributed by atoms with Crippen LogP contribution in [0.15, 0.2) is 65.4 Å². The van der Waals surface area contributed by atoms with Gasteiger partial charge in [0.2, 0.25) is 11.8 Å². The predicted molar refractivity (Wildman–Crippen MR) is 211 cm³/mol. The number of carbonyl (C=O) groups is 4. The van der Waals surface area contributed by atoms with Crippen LogP contribution in [0, 0.1) is 0 Å². The Morgan fingerprint density at radius 3 is 2.39 bits per heavy atom. The second kappa shape index (κ2) is 18.0. The molecule has 2 aromatic carbocycles. The Bertz CT molecular complexity index is 1780. The Kier molecular flexibility index (Phi) is 13.0. The number of nitrogens with zero attached hydrogens (tertiary/aromatic N) is 5. The van der Waals surface area contributed by atoms with Crippen molar-refractivity contribution in [1.82, 2.24) is 30.3 Å². The summed E-state index contributed by atoms with van der Waals surface area (Å²) in [7, 11) is 6.04. The van der Waals surface area contributed by atoms with Gasteiger partial charge in [0.05, 0.1) is 4.47 Å². The average Bonchev–Trinajstić information content (AvgIpc) is 3.19. The number of carbonyl (C=O) groups excluding carboxylic acids is 4. The first kappa shape index (κ1) is 38.9. The number of likely N-dealkylation sites (tertiary alicyclic amines) is 1. The molecule has 2 fully saturated rings. The molecule has 54 heavy (non-hydrogen) atoms. The lowest BCUT2D eigenvalue weighted by Crippen LogP contribution is -2.59. The van der Waals surface area contributed by atoms with Crippen LogP contribution in [0.1, 0.15) is 43.2 Å². The Hall–Kier alpha value is -4.83. The number of aromatic hydroxyl groups is 1. The van der Waals surface area contributed by atoms with E-state index in [2.05, 4.69) is 41.8 Å². The van der Waals surface area contributed by atoms with E-state index in [0.29, 0.717) is 94.5 Å². The number of phenols is 1. The molecule has 2 radical (unpaired) electrons. The number of unbranched alkanes of at least 4 members (excludes halogenated alkanes) is 1. The summed E-state index contributed by atoms with van der Waals surface area (Å²) in [6.45, 7) is 4.00. The zero-order chi connectivity index (χ0) is 38.2. The van der Waals surface area contributed by atoms with Crippen LogP contribution in [-0.4, -0.2) is 120 Å². The van der Waals surface area contributed by atoms with E-state index >= 15 is 0 Å². The lowest BCUT2D eigenvalue weighted by Gasteiger charge is -2.40. The van der Waals surface area contributed by atoms with E-state index < -0.39 is 24.0 Å². The number of para-hydroxylation sites is 1. The zero-order valence-corrected chi connectivity index (χ0v) is 31.8. The third kappa shape index (κ3) is 9.45. The summed E-state index contributed by atoms with van der Waals surface area (Å²) in [6.07, 6.45) is 6.42. The number of halogens is 1. The minimum Gasteiger partial charge on any atom is -0.507 e. The quantitative estimate of drug-likeness (QED) is 0.137. The van der Waals surface area contributed by atoms with Crippen molar-refractivity contribution in [2.45, 2.75) is 63.2 Å². The fraction of sp³-hybridized carbons (Fsp3) is 0.447. The number of nitrogens with two attached hydrogens (primary N) is 1. The van der Waals surface area contributed by atoms with Crippen molar-refractivity contribution in [3.63, 3.8) is 0 Å². The Morgan fingerprint density at radius 1 is 0.963 bits per heavy atom. The summed E-state index contributed by atoms with van der Waals surface area (Å²) in [4.78, 5) is 66.4. The molecule has 16 heteroatoms. The van der Waals surface area contributed by atoms with Crippen molar-refractivity contribution < 1.29 is 24.3 Å². The number of amides is 6. The maximum atomic E-state index is 14.2. The summed E-state index contributed by atoms with van der Waals surface area (Å²) >= 11 is 3.32. The second-order valence-corrected chi connectivity index (χ2v) is 14.9. The third-order valence-electron chi connectivity index (χ3n) is 10.4. The van der Waals surface area contributed by atoms with E-state index in [9.17, 15) is 24.3 Å². The van der Waals surface area contributed by atoms with Gasteiger partial charge < -0.3 is 46.4 Å². The number of piperidine rings is 1. The number of piperazine rings is 1. The molecule has 0 aliphatic carbocycles. The Labute approximate surface area is 325 Å². The number of nitrogens with one attached hydrogen (secondary N) is 3. The highest BCUT2D eigenvalue weighted by Gasteiger charge is 2.35. The Balaban J connectivity index is 1.13. The van der Waals surface area contributed by atoms with Crippen LogP contribution in [0.3, 0.4) is 0 Å². The van der Waals surface area contributed by atoms with Gasteiger partial charge in [0.15, 0.2) is 0 Å². The minimum atomic E-state index is -1.07. The number of rotatable bonds is 12. The molecule has 2 unspecified atom stereocenters. The molecule has 6 N–H and O–H groups in total. The van der Waals surface area contributed by atoms with Crippen LogP contribution >= 0.6 is 15.9 Å². The number of hydrogen-bond acceptors (Lipinski definition) is 8. The maximum absolute atomic E-state index is 14.2. The fourth-order valence-corrected chi connectivity index (χ4v) is 7.89. The van der Waals surface area contributed by atoms with Gasteiger partial charge in [0.25, 0.3) is 0 Å². The molecule has 6 amide bonds. The molecule has 3 aliphatic rings. The molecule has 1 aromatic heterocycles. The summed E-state index contributed by atoms with van der Waals surface area (Å²) < 4.78 is 0.357. The largest absolute Gasteiger partial charge is 0.507 e. The number of phenolic OH excluding ortho intramolecular Hbond substituents is 1. The molecule has 0 spiro atoms. The summed E-state index contributed by atoms with van der Waals surface area (Å²) in [5.41, 5.74) is 9.40. The minimum absolute atomic E-state index is 0.0503. The Morgan fingerprint density at radius 2 is 1.69 bits per heavy atom. The summed E-state index contributed by atoms with van der Waals surface area (Å²) in [6, 6.07) is 12.3. The monoisotopic (exact) mass is 799 g/mol. The maximum Gasteiger partial charge on any atom is 0.322 e. The van der Waals surface area contributed by atoms with E-state index in [1.165, 1.54) is 0 Å². The van der Waals surface area contributed by atoms with Crippen LogP contribution in [0.4, 0.5) is 21.0 Å². The molecule has 14 nitrogen and oxygen atoms in total. The smallest absolute Gasteiger partial charge is 0.322 e. The lowest BCUT2D eigenvalue weighted by molar-refractivity contribution is -0.137. The SMILES string of the molecule is [B]c1cc(CC(NC(=O)N2CCC(N3Cc4ccccc4NC3=O)CC2)C(=O)NC(CCCCN)C(=O)N2CCN(c3ccncc3)CC2)cc(Br)c1O. The lowest BCUT2D eigenvalue weighted by atomic mass is 9.91. The molecule has 0 saturated carbocycles. The topological polar surface area (TPSA) is 176 Å². The normalized spacial score (nSPS) is 17.3. The highest BCUT2D eigenvalue weighted by Crippen LogP contribution is 2.28. The van der Waals surface area contributed by atoms with Crippen LogP contribution in [0.25, 0.3) is 0 Å². The first-order chi connectivity index (χ1) is 26.1. The van der Waals surface area contributed by atoms with Crippen LogP contribution < -0.4 is 32.0 Å². The van der Waals surface area contributed by atoms with Crippen LogP contribution in [0.2, 0.25) is 0 Å². The van der Waals surface area contributed by atoms with E-state index in [-0.39, 0.29) is 35.6 Å². The van der Waals surface area contributed by atoms with Crippen LogP contribution in [-0.2, 0) is 22.6 Å². The molecule has 3 aliphatic heterocycles. The van der Waals surface area contributed by atoms with Gasteiger partial charge in [-0.15, -0.1) is 0 Å². The fourth-order valence-electron chi connectivity index (χ4n) is 7.36. The highest BCUT2D eigenvalue weighted by atomic mass is 79.9. The van der Waals surface area contributed by atoms with Crippen molar-refractivity contribution in [2.24, 2.45) is 5.73 Å². The van der Waals surface area contributed by atoms with E-state index in [1.54, 1.807) is 34.3 Å². The number of hydrogen-bond donors (Lipinski definition) is 5. The van der Waals surface area contributed by atoms with Gasteiger partial charge in [-0.1, -0.05) is 29.7 Å². The zero-order valence-electron chi connectivity index (χ0n) is 30.3. The van der Waals surface area contributed by atoms with E-state index in [0.717, 1.165) is 16.9 Å². The summed E-state index contributed by atoms with van der Waals surface area (Å²) in [5.74, 6) is -0.804. The molecule has 3 aromatic rings. The van der Waals surface area contributed by atoms with Gasteiger partial charge >= 0.3 is 12.1 Å². The van der Waals surface area contributed by atoms with E-state index in [1.807, 2.05) is 41.3 Å². The number of urea groups is 2. The molecule has 4 heterocycles. The molecule has 6 rings (SSSR count). The molecule has 284 valence electrons. The van der Waals surface area contributed by atoms with Crippen molar-refractivity contribution in [3.05, 3.63) is 76.5 Å². The third-order valence-corrected chi connectivity index (χ3v) is 11.0. The van der Waals surface area contributed by atoms with Gasteiger partial charge in [0, 0.05) is 82.0 Å². The average molecular weight is 801 g/mol. The van der Waals surface area contributed by atoms with Gasteiger partial charge in [0.1, 0.15) is 25.7 Å². The number of fused-ring (bicyclic) bond motifs is 1. The molecular formula is C38H47BBrN9O5. The van der Waals surface area contributed by atoms with Crippen LogP contribution in [0.5, 0.6) is 5.75 Å². The van der Waals surface area contributed by atoms with Gasteiger partial charge in [-0.25, -0.2) is 9.59 Å². The van der Waals surface area contributed by atoms with Gasteiger partial charge in [-0.3, -0.25) is 14.6 Å². The number of anilines is 2. The highest BCUT2D eigenvalue weighted by molar-refractivity contribution is 9.10. The standard InChI is InChI=1S/C38H47BBrN9O5/c39-29-21-25(22-30(40)34(29)50)23-33(45-37(53)48-15-10-28(11-16-48)49-24-26-5-1-2-6-31(26)44-38(49)54)35(51)43-32(7-3-4-12-41)36(52)47-19-17-46(18-20-47)27-8-13-42-14-9-27/h1-2,5-6,8-9,13-14,21-22,28,32-33,50H,3-4,7,10-12,15-20,23-24,41H2,(H,43,51)(H,44,54)(H,45,53). The number of pyridine rings is 1.